The van der Waals surface area contributed by atoms with Crippen LogP contribution in [-0.2, 0) is 14.4 Å². The van der Waals surface area contributed by atoms with Gasteiger partial charge in [0.15, 0.2) is 0 Å². The largest absolute Gasteiger partial charge is 0.350 e. The van der Waals surface area contributed by atoms with Crippen LogP contribution in [0.2, 0.25) is 5.02 Å². The number of imide groups is 1. The van der Waals surface area contributed by atoms with Crippen LogP contribution < -0.4 is 10.6 Å². The van der Waals surface area contributed by atoms with Gasteiger partial charge in [-0.05, 0) is 32.0 Å². The molecule has 0 saturated carbocycles. The van der Waals surface area contributed by atoms with Crippen LogP contribution in [0.4, 0.5) is 5.69 Å². The molecule has 0 spiro atoms. The molecular formula is C17H20ClN3O4. The molecule has 2 N–H and O–H groups in total. The van der Waals surface area contributed by atoms with Crippen LogP contribution in [0.1, 0.15) is 43.5 Å². The van der Waals surface area contributed by atoms with Crippen molar-refractivity contribution < 1.29 is 19.2 Å². The molecule has 1 fully saturated rings. The topological polar surface area (TPSA) is 95.6 Å². The van der Waals surface area contributed by atoms with E-state index in [2.05, 4.69) is 10.6 Å². The lowest BCUT2D eigenvalue weighted by atomic mass is 10.1. The van der Waals surface area contributed by atoms with Gasteiger partial charge in [-0.15, -0.1) is 0 Å². The van der Waals surface area contributed by atoms with Crippen molar-refractivity contribution in [1.82, 2.24) is 10.2 Å². The summed E-state index contributed by atoms with van der Waals surface area (Å²) in [7, 11) is 0. The number of amides is 4. The van der Waals surface area contributed by atoms with Crippen molar-refractivity contribution in [2.45, 2.75) is 39.2 Å². The van der Waals surface area contributed by atoms with Gasteiger partial charge in [0.05, 0.1) is 10.7 Å². The molecule has 1 aromatic rings. The summed E-state index contributed by atoms with van der Waals surface area (Å²) in [5.74, 6) is -1.18. The van der Waals surface area contributed by atoms with Gasteiger partial charge >= 0.3 is 0 Å². The molecule has 25 heavy (non-hydrogen) atoms. The Morgan fingerprint density at radius 1 is 1.20 bits per heavy atom. The Morgan fingerprint density at radius 3 is 2.44 bits per heavy atom. The van der Waals surface area contributed by atoms with E-state index >= 15 is 0 Å². The highest BCUT2D eigenvalue weighted by Gasteiger charge is 2.28. The zero-order valence-corrected chi connectivity index (χ0v) is 14.9. The molecule has 0 unspecified atom stereocenters. The van der Waals surface area contributed by atoms with Crippen LogP contribution in [0.3, 0.4) is 0 Å². The van der Waals surface area contributed by atoms with Crippen LogP contribution >= 0.6 is 11.6 Å². The molecular weight excluding hydrogens is 346 g/mol. The average Bonchev–Trinajstić information content (AvgIpc) is 2.85. The van der Waals surface area contributed by atoms with Crippen molar-refractivity contribution >= 4 is 40.9 Å². The fourth-order valence-corrected chi connectivity index (χ4v) is 2.57. The summed E-state index contributed by atoms with van der Waals surface area (Å²) in [4.78, 5) is 48.2. The first kappa shape index (κ1) is 18.9. The lowest BCUT2D eigenvalue weighted by Crippen LogP contribution is -2.32. The SMILES string of the molecule is CC(C)NC(=O)c1ccc(Cl)c(NC(=O)CCN2C(=O)CCC2=O)c1. The minimum Gasteiger partial charge on any atom is -0.350 e. The molecule has 1 aliphatic rings. The number of halogens is 1. The monoisotopic (exact) mass is 365 g/mol. The zero-order chi connectivity index (χ0) is 18.6. The van der Waals surface area contributed by atoms with Gasteiger partial charge in [0.2, 0.25) is 17.7 Å². The number of benzene rings is 1. The number of nitrogens with zero attached hydrogens (tertiary/aromatic N) is 1. The van der Waals surface area contributed by atoms with Crippen LogP contribution in [0.25, 0.3) is 0 Å². The molecule has 2 rings (SSSR count). The summed E-state index contributed by atoms with van der Waals surface area (Å²) >= 11 is 6.06. The second-order valence-corrected chi connectivity index (χ2v) is 6.47. The third-order valence-electron chi connectivity index (χ3n) is 3.64. The normalized spacial score (nSPS) is 14.2. The van der Waals surface area contributed by atoms with E-state index in [1.807, 2.05) is 13.8 Å². The minimum absolute atomic E-state index is 0.0169. The maximum Gasteiger partial charge on any atom is 0.251 e. The fraction of sp³-hybridized carbons (Fsp3) is 0.412. The van der Waals surface area contributed by atoms with E-state index in [9.17, 15) is 19.2 Å². The zero-order valence-electron chi connectivity index (χ0n) is 14.1. The number of likely N-dealkylation sites (tertiary alicyclic amines) is 1. The standard InChI is InChI=1S/C17H20ClN3O4/c1-10(2)19-17(25)11-3-4-12(18)13(9-11)20-14(22)7-8-21-15(23)5-6-16(21)24/h3-4,9-10H,5-8H2,1-2H3,(H,19,25)(H,20,22). The first-order valence-corrected chi connectivity index (χ1v) is 8.39. The molecule has 4 amide bonds. The van der Waals surface area contributed by atoms with E-state index < -0.39 is 5.91 Å². The second-order valence-electron chi connectivity index (χ2n) is 6.06. The van der Waals surface area contributed by atoms with Crippen molar-refractivity contribution in [3.63, 3.8) is 0 Å². The number of hydrogen-bond acceptors (Lipinski definition) is 4. The molecule has 1 saturated heterocycles. The predicted octanol–water partition coefficient (Wildman–Crippen LogP) is 1.96. The van der Waals surface area contributed by atoms with Gasteiger partial charge in [0, 0.05) is 37.4 Å². The molecule has 1 aromatic carbocycles. The molecule has 0 radical (unpaired) electrons. The fourth-order valence-electron chi connectivity index (χ4n) is 2.41. The Morgan fingerprint density at radius 2 is 1.84 bits per heavy atom. The van der Waals surface area contributed by atoms with Crippen molar-refractivity contribution in [1.29, 1.82) is 0 Å². The maximum absolute atomic E-state index is 12.1. The van der Waals surface area contributed by atoms with Crippen molar-refractivity contribution in [2.75, 3.05) is 11.9 Å². The van der Waals surface area contributed by atoms with E-state index in [-0.39, 0.29) is 49.6 Å². The Hall–Kier alpha value is -2.41. The van der Waals surface area contributed by atoms with Gasteiger partial charge in [-0.3, -0.25) is 24.1 Å². The summed E-state index contributed by atoms with van der Waals surface area (Å²) in [5.41, 5.74) is 0.681. The number of hydrogen-bond donors (Lipinski definition) is 2. The van der Waals surface area contributed by atoms with Crippen molar-refractivity contribution in [2.24, 2.45) is 0 Å². The Labute approximate surface area is 150 Å². The minimum atomic E-state index is -0.393. The Kier molecular flexibility index (Phi) is 6.14. The van der Waals surface area contributed by atoms with Crippen molar-refractivity contribution in [3.8, 4) is 0 Å². The van der Waals surface area contributed by atoms with Crippen LogP contribution in [0.5, 0.6) is 0 Å². The molecule has 0 atom stereocenters. The molecule has 0 aromatic heterocycles. The Bertz CT molecular complexity index is 702. The summed E-state index contributed by atoms with van der Waals surface area (Å²) < 4.78 is 0. The molecule has 1 heterocycles. The van der Waals surface area contributed by atoms with E-state index in [4.69, 9.17) is 11.6 Å². The lowest BCUT2D eigenvalue weighted by molar-refractivity contribution is -0.138. The maximum atomic E-state index is 12.1. The van der Waals surface area contributed by atoms with Gasteiger partial charge in [0.1, 0.15) is 0 Å². The third kappa shape index (κ3) is 5.03. The molecule has 8 heteroatoms. The molecule has 0 aliphatic carbocycles. The van der Waals surface area contributed by atoms with E-state index in [0.717, 1.165) is 4.90 Å². The van der Waals surface area contributed by atoms with Gasteiger partial charge in [-0.2, -0.15) is 0 Å². The van der Waals surface area contributed by atoms with Crippen molar-refractivity contribution in [3.05, 3.63) is 28.8 Å². The van der Waals surface area contributed by atoms with E-state index in [1.54, 1.807) is 6.07 Å². The Balaban J connectivity index is 1.99. The van der Waals surface area contributed by atoms with Crippen LogP contribution in [-0.4, -0.2) is 41.1 Å². The number of nitrogens with one attached hydrogen (secondary N) is 2. The lowest BCUT2D eigenvalue weighted by Gasteiger charge is -2.14. The number of anilines is 1. The molecule has 0 bridgehead atoms. The molecule has 7 nitrogen and oxygen atoms in total. The summed E-state index contributed by atoms with van der Waals surface area (Å²) in [6.07, 6.45) is 0.356. The van der Waals surface area contributed by atoms with E-state index in [0.29, 0.717) is 16.3 Å². The predicted molar refractivity (Wildman–Crippen MR) is 93.3 cm³/mol. The third-order valence-corrected chi connectivity index (χ3v) is 3.97. The highest BCUT2D eigenvalue weighted by molar-refractivity contribution is 6.33. The van der Waals surface area contributed by atoms with Gasteiger partial charge in [-0.25, -0.2) is 0 Å². The first-order chi connectivity index (χ1) is 11.8. The van der Waals surface area contributed by atoms with Gasteiger partial charge in [0.25, 0.3) is 5.91 Å². The first-order valence-electron chi connectivity index (χ1n) is 8.01. The van der Waals surface area contributed by atoms with Gasteiger partial charge in [-0.1, -0.05) is 11.6 Å². The number of carbonyl (C=O) groups excluding carboxylic acids is 4. The second kappa shape index (κ2) is 8.11. The summed E-state index contributed by atoms with van der Waals surface area (Å²) in [5, 5.41) is 5.66. The molecule has 1 aliphatic heterocycles. The van der Waals surface area contributed by atoms with Crippen LogP contribution in [0.15, 0.2) is 18.2 Å². The summed E-state index contributed by atoms with van der Waals surface area (Å²) in [6, 6.07) is 4.57. The number of rotatable bonds is 6. The number of carbonyl (C=O) groups is 4. The van der Waals surface area contributed by atoms with E-state index in [1.165, 1.54) is 12.1 Å². The highest BCUT2D eigenvalue weighted by Crippen LogP contribution is 2.23. The quantitative estimate of drug-likeness (QED) is 0.753. The smallest absolute Gasteiger partial charge is 0.251 e. The van der Waals surface area contributed by atoms with Crippen LogP contribution in [0, 0.1) is 0 Å². The highest BCUT2D eigenvalue weighted by atomic mass is 35.5. The molecule has 134 valence electrons. The van der Waals surface area contributed by atoms with Gasteiger partial charge < -0.3 is 10.6 Å². The average molecular weight is 366 g/mol. The summed E-state index contributed by atoms with van der Waals surface area (Å²) in [6.45, 7) is 3.73.